The molecule has 0 unspecified atom stereocenters. The van der Waals surface area contributed by atoms with Crippen LogP contribution >= 0.6 is 23.5 Å². The van der Waals surface area contributed by atoms with E-state index in [4.69, 9.17) is 4.99 Å². The van der Waals surface area contributed by atoms with Crippen LogP contribution in [0, 0.1) is 17.2 Å². The largest absolute Gasteiger partial charge is 0.384 e. The van der Waals surface area contributed by atoms with E-state index in [1.807, 2.05) is 37.1 Å². The van der Waals surface area contributed by atoms with Crippen molar-refractivity contribution in [1.82, 2.24) is 4.90 Å². The number of aliphatic imine (C=N–C) groups is 1. The molecule has 2 fully saturated rings. The summed E-state index contributed by atoms with van der Waals surface area (Å²) in [7, 11) is 2.02. The molecule has 1 N–H and O–H groups in total. The SMILES string of the molecule is CCNc1ccc(C#N)cc1N=C1SC(=C2Sc3ccccc3N2C)C(=O)N1CC1CCCCC1. The van der Waals surface area contributed by atoms with Crippen LogP contribution in [0.4, 0.5) is 17.1 Å². The molecule has 1 saturated heterocycles. The molecular formula is C27H29N5OS2. The average molecular weight is 504 g/mol. The van der Waals surface area contributed by atoms with Crippen LogP contribution in [0.3, 0.4) is 0 Å². The van der Waals surface area contributed by atoms with E-state index in [2.05, 4.69) is 28.4 Å². The number of thioether (sulfide) groups is 2. The lowest BCUT2D eigenvalue weighted by atomic mass is 9.89. The van der Waals surface area contributed by atoms with Crippen molar-refractivity contribution in [1.29, 1.82) is 5.26 Å². The normalized spacial score (nSPS) is 21.5. The lowest BCUT2D eigenvalue weighted by molar-refractivity contribution is -0.122. The van der Waals surface area contributed by atoms with Gasteiger partial charge in [0.15, 0.2) is 5.17 Å². The molecule has 3 aliphatic rings. The van der Waals surface area contributed by atoms with Gasteiger partial charge in [-0.25, -0.2) is 4.99 Å². The zero-order valence-electron chi connectivity index (χ0n) is 20.1. The van der Waals surface area contributed by atoms with Crippen molar-refractivity contribution in [3.8, 4) is 6.07 Å². The number of nitrogens with one attached hydrogen (secondary N) is 1. The number of hydrogen-bond donors (Lipinski definition) is 1. The topological polar surface area (TPSA) is 71.7 Å². The van der Waals surface area contributed by atoms with Crippen molar-refractivity contribution in [2.45, 2.75) is 43.9 Å². The number of nitrogens with zero attached hydrogens (tertiary/aromatic N) is 4. The fourth-order valence-corrected chi connectivity index (χ4v) is 7.19. The van der Waals surface area contributed by atoms with Gasteiger partial charge in [-0.05, 0) is 67.8 Å². The van der Waals surface area contributed by atoms with Crippen molar-refractivity contribution in [2.24, 2.45) is 10.9 Å². The molecule has 0 atom stereocenters. The van der Waals surface area contributed by atoms with E-state index >= 15 is 0 Å². The fraction of sp³-hybridized carbons (Fsp3) is 0.370. The molecule has 8 heteroatoms. The Labute approximate surface area is 215 Å². The number of hydrogen-bond acceptors (Lipinski definition) is 7. The molecule has 35 heavy (non-hydrogen) atoms. The highest BCUT2D eigenvalue weighted by Gasteiger charge is 2.40. The number of carbonyl (C=O) groups excluding carboxylic acids is 1. The molecule has 0 bridgehead atoms. The van der Waals surface area contributed by atoms with Gasteiger partial charge in [0.25, 0.3) is 5.91 Å². The lowest BCUT2D eigenvalue weighted by Gasteiger charge is -2.26. The second-order valence-corrected chi connectivity index (χ2v) is 11.1. The molecule has 1 saturated carbocycles. The Morgan fingerprint density at radius 2 is 1.94 bits per heavy atom. The molecule has 180 valence electrons. The third kappa shape index (κ3) is 4.80. The first kappa shape index (κ1) is 23.8. The first-order valence-corrected chi connectivity index (χ1v) is 13.8. The van der Waals surface area contributed by atoms with Crippen molar-refractivity contribution in [3.63, 3.8) is 0 Å². The summed E-state index contributed by atoms with van der Waals surface area (Å²) < 4.78 is 0. The number of anilines is 2. The molecule has 1 aliphatic carbocycles. The predicted octanol–water partition coefficient (Wildman–Crippen LogP) is 6.54. The molecule has 0 aromatic heterocycles. The summed E-state index contributed by atoms with van der Waals surface area (Å²) in [6, 6.07) is 15.9. The van der Waals surface area contributed by atoms with E-state index in [-0.39, 0.29) is 5.91 Å². The van der Waals surface area contributed by atoms with Gasteiger partial charge in [0.05, 0.1) is 33.7 Å². The molecule has 2 aromatic rings. The molecule has 0 radical (unpaired) electrons. The number of carbonyl (C=O) groups is 1. The maximum Gasteiger partial charge on any atom is 0.269 e. The number of para-hydroxylation sites is 1. The number of amides is 1. The Morgan fingerprint density at radius 3 is 2.69 bits per heavy atom. The van der Waals surface area contributed by atoms with E-state index in [0.717, 1.165) is 45.6 Å². The van der Waals surface area contributed by atoms with Gasteiger partial charge >= 0.3 is 0 Å². The standard InChI is InChI=1S/C27H29N5OS2/c1-3-29-20-14-13-19(16-28)15-21(20)30-27-32(17-18-9-5-4-6-10-18)25(33)24(35-27)26-31(2)22-11-7-8-12-23(22)34-26/h7-8,11-15,18,29H,3-6,9-10,17H2,1-2H3. The molecule has 6 nitrogen and oxygen atoms in total. The second-order valence-electron chi connectivity index (χ2n) is 9.05. The van der Waals surface area contributed by atoms with Gasteiger partial charge in [-0.3, -0.25) is 9.69 Å². The van der Waals surface area contributed by atoms with Gasteiger partial charge in [-0.15, -0.1) is 0 Å². The molecule has 5 rings (SSSR count). The summed E-state index contributed by atoms with van der Waals surface area (Å²) >= 11 is 3.10. The number of rotatable bonds is 5. The van der Waals surface area contributed by atoms with E-state index < -0.39 is 0 Å². The van der Waals surface area contributed by atoms with Gasteiger partial charge in [0, 0.05) is 25.0 Å². The Balaban J connectivity index is 1.55. The summed E-state index contributed by atoms with van der Waals surface area (Å²) in [5.41, 5.74) is 3.23. The smallest absolute Gasteiger partial charge is 0.269 e. The van der Waals surface area contributed by atoms with E-state index in [0.29, 0.717) is 28.9 Å². The zero-order chi connectivity index (χ0) is 24.4. The fourth-order valence-electron chi connectivity index (χ4n) is 4.84. The van der Waals surface area contributed by atoms with Gasteiger partial charge < -0.3 is 10.2 Å². The van der Waals surface area contributed by atoms with E-state index in [9.17, 15) is 10.1 Å². The molecule has 2 heterocycles. The number of nitriles is 1. The van der Waals surface area contributed by atoms with Gasteiger partial charge in [0.2, 0.25) is 0 Å². The third-order valence-corrected chi connectivity index (χ3v) is 9.10. The predicted molar refractivity (Wildman–Crippen MR) is 146 cm³/mol. The number of fused-ring (bicyclic) bond motifs is 1. The minimum Gasteiger partial charge on any atom is -0.384 e. The highest BCUT2D eigenvalue weighted by atomic mass is 32.2. The molecule has 2 aromatic carbocycles. The van der Waals surface area contributed by atoms with Crippen LogP contribution in [0.2, 0.25) is 0 Å². The van der Waals surface area contributed by atoms with Gasteiger partial charge in [-0.2, -0.15) is 5.26 Å². The van der Waals surface area contributed by atoms with Crippen LogP contribution in [-0.4, -0.2) is 36.1 Å². The zero-order valence-corrected chi connectivity index (χ0v) is 21.7. The maximum atomic E-state index is 13.9. The van der Waals surface area contributed by atoms with Crippen LogP contribution < -0.4 is 10.2 Å². The minimum atomic E-state index is 0.0305. The molecular weight excluding hydrogens is 474 g/mol. The Kier molecular flexibility index (Phi) is 7.07. The van der Waals surface area contributed by atoms with Crippen LogP contribution in [0.1, 0.15) is 44.6 Å². The summed E-state index contributed by atoms with van der Waals surface area (Å²) in [5.74, 6) is 0.524. The van der Waals surface area contributed by atoms with Crippen molar-refractivity contribution in [3.05, 3.63) is 58.0 Å². The highest BCUT2D eigenvalue weighted by Crippen LogP contribution is 2.50. The van der Waals surface area contributed by atoms with Crippen molar-refractivity contribution in [2.75, 3.05) is 30.4 Å². The number of amidine groups is 1. The maximum absolute atomic E-state index is 13.9. The Hall–Kier alpha value is -2.89. The molecule has 2 aliphatic heterocycles. The number of benzene rings is 2. The second kappa shape index (κ2) is 10.4. The first-order valence-electron chi connectivity index (χ1n) is 12.2. The Morgan fingerprint density at radius 1 is 1.14 bits per heavy atom. The quantitative estimate of drug-likeness (QED) is 0.467. The summed E-state index contributed by atoms with van der Waals surface area (Å²) in [4.78, 5) is 24.7. The first-order chi connectivity index (χ1) is 17.1. The summed E-state index contributed by atoms with van der Waals surface area (Å²) in [6.45, 7) is 3.47. The third-order valence-electron chi connectivity index (χ3n) is 6.67. The van der Waals surface area contributed by atoms with Crippen LogP contribution in [0.15, 0.2) is 62.3 Å². The van der Waals surface area contributed by atoms with Crippen LogP contribution in [-0.2, 0) is 4.79 Å². The summed E-state index contributed by atoms with van der Waals surface area (Å²) in [5, 5.41) is 14.4. The Bertz CT molecular complexity index is 1240. The van der Waals surface area contributed by atoms with Gasteiger partial charge in [-0.1, -0.05) is 43.2 Å². The van der Waals surface area contributed by atoms with Gasteiger partial charge in [0.1, 0.15) is 4.91 Å². The monoisotopic (exact) mass is 503 g/mol. The minimum absolute atomic E-state index is 0.0305. The average Bonchev–Trinajstić information content (AvgIpc) is 3.37. The lowest BCUT2D eigenvalue weighted by Crippen LogP contribution is -2.35. The molecule has 0 spiro atoms. The van der Waals surface area contributed by atoms with Crippen molar-refractivity contribution < 1.29 is 4.79 Å². The highest BCUT2D eigenvalue weighted by molar-refractivity contribution is 8.19. The van der Waals surface area contributed by atoms with E-state index in [1.54, 1.807) is 23.9 Å². The van der Waals surface area contributed by atoms with Crippen LogP contribution in [0.5, 0.6) is 0 Å². The summed E-state index contributed by atoms with van der Waals surface area (Å²) in [6.07, 6.45) is 6.04. The van der Waals surface area contributed by atoms with Crippen molar-refractivity contribution >= 4 is 51.7 Å². The molecule has 1 amide bonds. The van der Waals surface area contributed by atoms with Crippen LogP contribution in [0.25, 0.3) is 0 Å². The van der Waals surface area contributed by atoms with E-state index in [1.165, 1.54) is 31.0 Å².